The number of hydroxylamine groups is 2. The van der Waals surface area contributed by atoms with Crippen molar-refractivity contribution in [2.75, 3.05) is 27.2 Å². The number of aromatic nitrogens is 1. The Labute approximate surface area is 171 Å². The molecule has 1 fully saturated rings. The van der Waals surface area contributed by atoms with Crippen LogP contribution in [0.4, 0.5) is 0 Å². The molecule has 28 heavy (non-hydrogen) atoms. The molecule has 0 aliphatic carbocycles. The quantitative estimate of drug-likeness (QED) is 0.550. The second kappa shape index (κ2) is 9.41. The van der Waals surface area contributed by atoms with Crippen LogP contribution in [-0.2, 0) is 11.4 Å². The monoisotopic (exact) mass is 401 g/mol. The predicted octanol–water partition coefficient (Wildman–Crippen LogP) is 2.67. The lowest BCUT2D eigenvalue weighted by Gasteiger charge is -2.29. The summed E-state index contributed by atoms with van der Waals surface area (Å²) in [7, 11) is 5.14. The first kappa shape index (κ1) is 20.6. The second-order valence-corrected chi connectivity index (χ2v) is 7.47. The highest BCUT2D eigenvalue weighted by atomic mass is 35.5. The topological polar surface area (TPSA) is 54.9 Å². The Hall–Kier alpha value is -2.09. The summed E-state index contributed by atoms with van der Waals surface area (Å²) in [6.07, 6.45) is 2.23. The fraction of sp³-hybridized carbons (Fsp3) is 0.400. The Kier molecular flexibility index (Phi) is 6.94. The van der Waals surface area contributed by atoms with Crippen molar-refractivity contribution in [3.63, 3.8) is 0 Å². The van der Waals surface area contributed by atoms with Gasteiger partial charge in [-0.15, -0.1) is 0 Å². The summed E-state index contributed by atoms with van der Waals surface area (Å²) >= 11 is 6.34. The number of carbonyl (C=O) groups is 1. The van der Waals surface area contributed by atoms with E-state index in [1.807, 2.05) is 12.1 Å². The molecule has 0 unspecified atom stereocenters. The normalized spacial score (nSPS) is 15.4. The molecule has 148 valence electrons. The van der Waals surface area contributed by atoms with Gasteiger partial charge in [0.25, 0.3) is 5.91 Å². The summed E-state index contributed by atoms with van der Waals surface area (Å²) in [6.45, 7) is 2.48. The van der Waals surface area contributed by atoms with Gasteiger partial charge in [-0.3, -0.25) is 9.63 Å². The third-order valence-electron chi connectivity index (χ3n) is 5.12. The van der Waals surface area contributed by atoms with E-state index in [9.17, 15) is 4.79 Å². The Balaban J connectivity index is 1.64. The molecule has 2 heterocycles. The van der Waals surface area contributed by atoms with Gasteiger partial charge in [-0.05, 0) is 44.1 Å². The molecule has 1 aromatic heterocycles. The van der Waals surface area contributed by atoms with E-state index in [1.165, 1.54) is 7.11 Å². The summed E-state index contributed by atoms with van der Waals surface area (Å²) < 4.78 is 5.87. The zero-order valence-corrected chi connectivity index (χ0v) is 17.3. The summed E-state index contributed by atoms with van der Waals surface area (Å²) in [5.41, 5.74) is 2.34. The number of amides is 1. The summed E-state index contributed by atoms with van der Waals surface area (Å²) in [5.74, 6) is 0.808. The highest BCUT2D eigenvalue weighted by molar-refractivity contribution is 6.31. The molecule has 0 spiro atoms. The van der Waals surface area contributed by atoms with Crippen LogP contribution in [0.5, 0.6) is 5.88 Å². The predicted molar refractivity (Wildman–Crippen MR) is 111 cm³/mol. The Morgan fingerprint density at radius 2 is 2.07 bits per heavy atom. The van der Waals surface area contributed by atoms with Crippen molar-refractivity contribution in [1.82, 2.24) is 14.9 Å². The molecule has 0 atom stereocenters. The first-order valence-corrected chi connectivity index (χ1v) is 9.74. The summed E-state index contributed by atoms with van der Waals surface area (Å²) in [4.78, 5) is 24.1. The van der Waals surface area contributed by atoms with Crippen molar-refractivity contribution in [2.24, 2.45) is 0 Å². The molecule has 1 aliphatic heterocycles. The molecule has 2 aromatic rings. The minimum atomic E-state index is -0.260. The molecular weight excluding hydrogens is 377 g/mol. The molecule has 8 heteroatoms. The third kappa shape index (κ3) is 5.04. The van der Waals surface area contributed by atoms with Crippen molar-refractivity contribution in [1.29, 1.82) is 0 Å². The standard InChI is InChI=1S/C20H25BClN3O3/c1-24(27-2)20(26)15-6-7-16(17(22)12-15)13-28-19-5-3-4-18(23-19)14-8-10-25(21)11-9-14/h3-7,12,14H,8-11,13,21H2,1-2H3. The fourth-order valence-corrected chi connectivity index (χ4v) is 3.49. The molecule has 0 N–H and O–H groups in total. The minimum Gasteiger partial charge on any atom is -0.473 e. The van der Waals surface area contributed by atoms with E-state index in [1.54, 1.807) is 25.2 Å². The maximum atomic E-state index is 12.1. The summed E-state index contributed by atoms with van der Waals surface area (Å²) in [6, 6.07) is 11.0. The van der Waals surface area contributed by atoms with E-state index in [2.05, 4.69) is 23.8 Å². The van der Waals surface area contributed by atoms with Crippen molar-refractivity contribution in [3.05, 3.63) is 58.2 Å². The van der Waals surface area contributed by atoms with Crippen molar-refractivity contribution in [3.8, 4) is 5.88 Å². The van der Waals surface area contributed by atoms with Gasteiger partial charge in [-0.1, -0.05) is 23.7 Å². The van der Waals surface area contributed by atoms with Gasteiger partial charge in [0.15, 0.2) is 7.98 Å². The van der Waals surface area contributed by atoms with Gasteiger partial charge in [0, 0.05) is 40.9 Å². The van der Waals surface area contributed by atoms with E-state index >= 15 is 0 Å². The zero-order valence-electron chi connectivity index (χ0n) is 16.5. The molecule has 1 saturated heterocycles. The first-order valence-electron chi connectivity index (χ1n) is 9.37. The molecule has 1 aliphatic rings. The minimum absolute atomic E-state index is 0.260. The van der Waals surface area contributed by atoms with E-state index in [-0.39, 0.29) is 12.5 Å². The van der Waals surface area contributed by atoms with Crippen LogP contribution in [0.2, 0.25) is 5.02 Å². The number of pyridine rings is 1. The van der Waals surface area contributed by atoms with Crippen molar-refractivity contribution in [2.45, 2.75) is 25.4 Å². The van der Waals surface area contributed by atoms with Crippen molar-refractivity contribution < 1.29 is 14.4 Å². The molecule has 1 amide bonds. The van der Waals surface area contributed by atoms with Crippen LogP contribution < -0.4 is 4.74 Å². The maximum absolute atomic E-state index is 12.1. The number of rotatable bonds is 6. The van der Waals surface area contributed by atoms with Crippen LogP contribution in [0.1, 0.15) is 40.4 Å². The Morgan fingerprint density at radius 1 is 1.32 bits per heavy atom. The van der Waals surface area contributed by atoms with Gasteiger partial charge < -0.3 is 9.55 Å². The number of hydrogen-bond donors (Lipinski definition) is 0. The van der Waals surface area contributed by atoms with Crippen molar-refractivity contribution >= 4 is 25.5 Å². The highest BCUT2D eigenvalue weighted by Gasteiger charge is 2.19. The van der Waals surface area contributed by atoms with E-state index in [0.29, 0.717) is 22.4 Å². The molecule has 0 radical (unpaired) electrons. The zero-order chi connectivity index (χ0) is 20.1. The first-order chi connectivity index (χ1) is 13.5. The molecule has 6 nitrogen and oxygen atoms in total. The lowest BCUT2D eigenvalue weighted by molar-refractivity contribution is -0.0757. The van der Waals surface area contributed by atoms with Gasteiger partial charge in [0.1, 0.15) is 6.61 Å². The highest BCUT2D eigenvalue weighted by Crippen LogP contribution is 2.27. The maximum Gasteiger partial charge on any atom is 0.277 e. The molecular formula is C20H25BClN3O3. The molecule has 3 rings (SSSR count). The summed E-state index contributed by atoms with van der Waals surface area (Å²) in [5, 5.41) is 1.63. The molecule has 1 aromatic carbocycles. The average molecular weight is 402 g/mol. The van der Waals surface area contributed by atoms with Crippen LogP contribution in [0.25, 0.3) is 0 Å². The smallest absolute Gasteiger partial charge is 0.277 e. The van der Waals surface area contributed by atoms with Crippen LogP contribution >= 0.6 is 11.6 Å². The van der Waals surface area contributed by atoms with E-state index < -0.39 is 0 Å². The largest absolute Gasteiger partial charge is 0.473 e. The van der Waals surface area contributed by atoms with Crippen LogP contribution in [0.15, 0.2) is 36.4 Å². The number of hydrogen-bond acceptors (Lipinski definition) is 5. The van der Waals surface area contributed by atoms with Crippen LogP contribution in [0.3, 0.4) is 0 Å². The average Bonchev–Trinajstić information content (AvgIpc) is 2.72. The van der Waals surface area contributed by atoms with Gasteiger partial charge in [0.2, 0.25) is 5.88 Å². The Bertz CT molecular complexity index is 828. The number of piperidine rings is 1. The van der Waals surface area contributed by atoms with Gasteiger partial charge in [0.05, 0.1) is 7.11 Å². The number of benzene rings is 1. The van der Waals surface area contributed by atoms with E-state index in [4.69, 9.17) is 21.2 Å². The lowest BCUT2D eigenvalue weighted by Crippen LogP contribution is -2.30. The third-order valence-corrected chi connectivity index (χ3v) is 5.47. The van der Waals surface area contributed by atoms with Crippen LogP contribution in [0, 0.1) is 0 Å². The lowest BCUT2D eigenvalue weighted by atomic mass is 9.92. The molecule has 0 bridgehead atoms. The SMILES string of the molecule is BN1CCC(c2cccc(OCc3ccc(C(=O)N(C)OC)cc3Cl)n2)CC1. The van der Waals surface area contributed by atoms with E-state index in [0.717, 1.165) is 42.3 Å². The van der Waals surface area contributed by atoms with Gasteiger partial charge in [-0.2, -0.15) is 0 Å². The number of ether oxygens (including phenoxy) is 1. The van der Waals surface area contributed by atoms with Gasteiger partial charge in [-0.25, -0.2) is 10.0 Å². The Morgan fingerprint density at radius 3 is 2.75 bits per heavy atom. The van der Waals surface area contributed by atoms with Crippen LogP contribution in [-0.4, -0.2) is 56.0 Å². The molecule has 0 saturated carbocycles. The second-order valence-electron chi connectivity index (χ2n) is 7.06. The number of carbonyl (C=O) groups excluding carboxylic acids is 1. The number of halogens is 1. The number of nitrogens with zero attached hydrogens (tertiary/aromatic N) is 3. The van der Waals surface area contributed by atoms with Gasteiger partial charge >= 0.3 is 0 Å². The fourth-order valence-electron chi connectivity index (χ4n) is 3.26.